The van der Waals surface area contributed by atoms with Gasteiger partial charge in [0.1, 0.15) is 5.75 Å². The minimum Gasteiger partial charge on any atom is -0.481 e. The molecule has 0 aliphatic carbocycles. The Morgan fingerprint density at radius 3 is 2.57 bits per heavy atom. The van der Waals surface area contributed by atoms with Crippen LogP contribution in [0.5, 0.6) is 5.75 Å². The molecular weight excluding hydrogens is 330 g/mol. The van der Waals surface area contributed by atoms with E-state index < -0.39 is 6.10 Å². The molecule has 2 aromatic carbocycles. The van der Waals surface area contributed by atoms with E-state index in [0.717, 1.165) is 15.7 Å². The van der Waals surface area contributed by atoms with Gasteiger partial charge in [-0.15, -0.1) is 0 Å². The number of aryl methyl sites for hydroxylation is 2. The van der Waals surface area contributed by atoms with Crippen LogP contribution in [0.1, 0.15) is 18.1 Å². The molecule has 21 heavy (non-hydrogen) atoms. The van der Waals surface area contributed by atoms with E-state index in [1.807, 2.05) is 56.3 Å². The van der Waals surface area contributed by atoms with E-state index in [2.05, 4.69) is 21.2 Å². The van der Waals surface area contributed by atoms with Crippen LogP contribution in [0.4, 0.5) is 5.69 Å². The third-order valence-corrected chi connectivity index (χ3v) is 3.75. The SMILES string of the molecule is Cc1ccc(NC(=O)C(C)Oc2cccc(Br)c2)cc1C. The van der Waals surface area contributed by atoms with Crippen LogP contribution in [0.25, 0.3) is 0 Å². The van der Waals surface area contributed by atoms with E-state index in [1.54, 1.807) is 6.92 Å². The van der Waals surface area contributed by atoms with Crippen molar-refractivity contribution >= 4 is 27.5 Å². The molecule has 1 atom stereocenters. The highest BCUT2D eigenvalue weighted by atomic mass is 79.9. The van der Waals surface area contributed by atoms with Gasteiger partial charge >= 0.3 is 0 Å². The van der Waals surface area contributed by atoms with Gasteiger partial charge in [0.2, 0.25) is 0 Å². The largest absolute Gasteiger partial charge is 0.481 e. The molecule has 0 saturated heterocycles. The molecule has 0 aliphatic rings. The van der Waals surface area contributed by atoms with Gasteiger partial charge in [-0.3, -0.25) is 4.79 Å². The summed E-state index contributed by atoms with van der Waals surface area (Å²) in [6.07, 6.45) is -0.569. The van der Waals surface area contributed by atoms with Gasteiger partial charge in [-0.05, 0) is 62.2 Å². The Morgan fingerprint density at radius 2 is 1.90 bits per heavy atom. The molecule has 2 rings (SSSR count). The first kappa shape index (κ1) is 15.6. The molecule has 0 heterocycles. The molecule has 0 aromatic heterocycles. The number of halogens is 1. The van der Waals surface area contributed by atoms with Crippen molar-refractivity contribution in [1.29, 1.82) is 0 Å². The van der Waals surface area contributed by atoms with Gasteiger partial charge in [0, 0.05) is 10.2 Å². The number of carbonyl (C=O) groups excluding carboxylic acids is 1. The maximum absolute atomic E-state index is 12.2. The van der Waals surface area contributed by atoms with Crippen molar-refractivity contribution in [2.45, 2.75) is 26.9 Å². The molecule has 0 spiro atoms. The van der Waals surface area contributed by atoms with Crippen molar-refractivity contribution in [3.63, 3.8) is 0 Å². The summed E-state index contributed by atoms with van der Waals surface area (Å²) in [7, 11) is 0. The van der Waals surface area contributed by atoms with Gasteiger partial charge in [0.05, 0.1) is 0 Å². The fraction of sp³-hybridized carbons (Fsp3) is 0.235. The summed E-state index contributed by atoms with van der Waals surface area (Å²) < 4.78 is 6.56. The fourth-order valence-corrected chi connectivity index (χ4v) is 2.24. The standard InChI is InChI=1S/C17H18BrNO2/c1-11-7-8-15(9-12(11)2)19-17(20)13(3)21-16-6-4-5-14(18)10-16/h4-10,13H,1-3H3,(H,19,20). The number of ether oxygens (including phenoxy) is 1. The average Bonchev–Trinajstić information content (AvgIpc) is 2.43. The first-order valence-electron chi connectivity index (χ1n) is 6.76. The Hall–Kier alpha value is -1.81. The summed E-state index contributed by atoms with van der Waals surface area (Å²) in [5.41, 5.74) is 3.13. The van der Waals surface area contributed by atoms with Crippen molar-refractivity contribution in [3.8, 4) is 5.75 Å². The number of rotatable bonds is 4. The van der Waals surface area contributed by atoms with E-state index in [4.69, 9.17) is 4.74 Å². The first-order valence-corrected chi connectivity index (χ1v) is 7.55. The van der Waals surface area contributed by atoms with Gasteiger partial charge in [-0.25, -0.2) is 0 Å². The van der Waals surface area contributed by atoms with Crippen LogP contribution in [0, 0.1) is 13.8 Å². The van der Waals surface area contributed by atoms with E-state index in [0.29, 0.717) is 5.75 Å². The third kappa shape index (κ3) is 4.33. The molecule has 4 heteroatoms. The maximum atomic E-state index is 12.2. The number of amides is 1. The van der Waals surface area contributed by atoms with Crippen LogP contribution >= 0.6 is 15.9 Å². The normalized spacial score (nSPS) is 11.8. The van der Waals surface area contributed by atoms with Crippen LogP contribution in [0.2, 0.25) is 0 Å². The summed E-state index contributed by atoms with van der Waals surface area (Å²) in [6, 6.07) is 13.3. The van der Waals surface area contributed by atoms with Crippen LogP contribution in [0.15, 0.2) is 46.9 Å². The average molecular weight is 348 g/mol. The predicted octanol–water partition coefficient (Wildman–Crippen LogP) is 4.47. The van der Waals surface area contributed by atoms with Gasteiger partial charge < -0.3 is 10.1 Å². The lowest BCUT2D eigenvalue weighted by Gasteiger charge is -2.15. The zero-order valence-electron chi connectivity index (χ0n) is 12.3. The summed E-state index contributed by atoms with van der Waals surface area (Å²) >= 11 is 3.38. The molecule has 0 aliphatic heterocycles. The van der Waals surface area contributed by atoms with Gasteiger partial charge in [-0.1, -0.05) is 28.1 Å². The summed E-state index contributed by atoms with van der Waals surface area (Å²) in [6.45, 7) is 5.80. The van der Waals surface area contributed by atoms with E-state index in [1.165, 1.54) is 5.56 Å². The van der Waals surface area contributed by atoms with Crippen molar-refractivity contribution < 1.29 is 9.53 Å². The first-order chi connectivity index (χ1) is 9.95. The number of anilines is 1. The lowest BCUT2D eigenvalue weighted by atomic mass is 10.1. The van der Waals surface area contributed by atoms with Crippen LogP contribution in [-0.4, -0.2) is 12.0 Å². The molecular formula is C17H18BrNO2. The van der Waals surface area contributed by atoms with Gasteiger partial charge in [0.15, 0.2) is 6.10 Å². The lowest BCUT2D eigenvalue weighted by molar-refractivity contribution is -0.122. The van der Waals surface area contributed by atoms with Crippen molar-refractivity contribution in [1.82, 2.24) is 0 Å². The molecule has 1 N–H and O–H groups in total. The minimum absolute atomic E-state index is 0.168. The van der Waals surface area contributed by atoms with Gasteiger partial charge in [-0.2, -0.15) is 0 Å². The summed E-state index contributed by atoms with van der Waals surface area (Å²) in [5.74, 6) is 0.491. The highest BCUT2D eigenvalue weighted by molar-refractivity contribution is 9.10. The number of nitrogens with one attached hydrogen (secondary N) is 1. The summed E-state index contributed by atoms with van der Waals surface area (Å²) in [4.78, 5) is 12.2. The molecule has 0 saturated carbocycles. The quantitative estimate of drug-likeness (QED) is 0.885. The monoisotopic (exact) mass is 347 g/mol. The van der Waals surface area contributed by atoms with Crippen LogP contribution in [-0.2, 0) is 4.79 Å². The third-order valence-electron chi connectivity index (χ3n) is 3.25. The molecule has 1 unspecified atom stereocenters. The Balaban J connectivity index is 2.00. The smallest absolute Gasteiger partial charge is 0.265 e. The van der Waals surface area contributed by atoms with Crippen LogP contribution in [0.3, 0.4) is 0 Å². The second kappa shape index (κ2) is 6.76. The fourth-order valence-electron chi connectivity index (χ4n) is 1.86. The zero-order chi connectivity index (χ0) is 15.4. The number of benzene rings is 2. The molecule has 0 radical (unpaired) electrons. The second-order valence-electron chi connectivity index (χ2n) is 5.01. The Kier molecular flexibility index (Phi) is 5.02. The topological polar surface area (TPSA) is 38.3 Å². The number of hydrogen-bond donors (Lipinski definition) is 1. The maximum Gasteiger partial charge on any atom is 0.265 e. The van der Waals surface area contributed by atoms with E-state index in [-0.39, 0.29) is 5.91 Å². The van der Waals surface area contributed by atoms with Crippen molar-refractivity contribution in [2.75, 3.05) is 5.32 Å². The highest BCUT2D eigenvalue weighted by Crippen LogP contribution is 2.19. The van der Waals surface area contributed by atoms with Crippen molar-refractivity contribution in [2.24, 2.45) is 0 Å². The molecule has 0 bridgehead atoms. The molecule has 110 valence electrons. The van der Waals surface area contributed by atoms with Crippen molar-refractivity contribution in [3.05, 3.63) is 58.1 Å². The predicted molar refractivity (Wildman–Crippen MR) is 88.8 cm³/mol. The Bertz CT molecular complexity index is 655. The summed E-state index contributed by atoms with van der Waals surface area (Å²) in [5, 5.41) is 2.87. The molecule has 3 nitrogen and oxygen atoms in total. The zero-order valence-corrected chi connectivity index (χ0v) is 13.9. The molecule has 0 fully saturated rings. The Morgan fingerprint density at radius 1 is 1.14 bits per heavy atom. The van der Waals surface area contributed by atoms with E-state index in [9.17, 15) is 4.79 Å². The minimum atomic E-state index is -0.569. The highest BCUT2D eigenvalue weighted by Gasteiger charge is 2.15. The Labute approximate surface area is 133 Å². The number of carbonyl (C=O) groups is 1. The molecule has 1 amide bonds. The van der Waals surface area contributed by atoms with Crippen LogP contribution < -0.4 is 10.1 Å². The van der Waals surface area contributed by atoms with E-state index >= 15 is 0 Å². The molecule has 2 aromatic rings. The number of hydrogen-bond acceptors (Lipinski definition) is 2. The lowest BCUT2D eigenvalue weighted by Crippen LogP contribution is -2.30. The second-order valence-corrected chi connectivity index (χ2v) is 5.92. The van der Waals surface area contributed by atoms with Gasteiger partial charge in [0.25, 0.3) is 5.91 Å².